The zero-order chi connectivity index (χ0) is 19.0. The summed E-state index contributed by atoms with van der Waals surface area (Å²) in [5.74, 6) is 2.47. The Labute approximate surface area is 165 Å². The summed E-state index contributed by atoms with van der Waals surface area (Å²) in [5, 5.41) is 2.11. The van der Waals surface area contributed by atoms with Gasteiger partial charge in [-0.2, -0.15) is 0 Å². The Morgan fingerprint density at radius 2 is 2.04 bits per heavy atom. The molecule has 0 radical (unpaired) electrons. The van der Waals surface area contributed by atoms with Crippen LogP contribution in [0.3, 0.4) is 0 Å². The van der Waals surface area contributed by atoms with Crippen LogP contribution in [-0.4, -0.2) is 38.6 Å². The third-order valence-corrected chi connectivity index (χ3v) is 6.87. The predicted octanol–water partition coefficient (Wildman–Crippen LogP) is 4.69. The molecule has 0 atom stereocenters. The second kappa shape index (κ2) is 7.76. The van der Waals surface area contributed by atoms with Gasteiger partial charge in [-0.15, -0.1) is 11.3 Å². The molecule has 2 N–H and O–H groups in total. The average molecular weight is 386 g/mol. The molecule has 3 aromatic rings. The fraction of sp³-hybridized carbons (Fsp3) is 0.619. The molecule has 4 rings (SSSR count). The van der Waals surface area contributed by atoms with Gasteiger partial charge in [-0.05, 0) is 63.6 Å². The number of hydrogen-bond donors (Lipinski definition) is 1. The standard InChI is InChI=1S/C21H31N5S/c1-4-5-6-17-24-18-19(20-16(9-12-27-20)23-21(18)22)26(17)13-15-7-10-25(11-8-15)14(2)3/h9,12,14-15H,4-8,10-11,13H2,1-3H3,(H2,22,23). The SMILES string of the molecule is CCCCc1nc2c(N)nc3ccsc3c2n1CC1CCN(C(C)C)CC1. The van der Waals surface area contributed by atoms with Crippen LogP contribution >= 0.6 is 11.3 Å². The minimum atomic E-state index is 0.571. The van der Waals surface area contributed by atoms with Gasteiger partial charge in [0.05, 0.1) is 15.7 Å². The summed E-state index contributed by atoms with van der Waals surface area (Å²) in [5.41, 5.74) is 9.40. The number of fused-ring (bicyclic) bond motifs is 3. The number of aromatic nitrogens is 3. The van der Waals surface area contributed by atoms with Crippen LogP contribution in [0.2, 0.25) is 0 Å². The highest BCUT2D eigenvalue weighted by atomic mass is 32.1. The van der Waals surface area contributed by atoms with Gasteiger partial charge in [-0.1, -0.05) is 13.3 Å². The number of aryl methyl sites for hydroxylation is 1. The van der Waals surface area contributed by atoms with Gasteiger partial charge in [-0.25, -0.2) is 9.97 Å². The van der Waals surface area contributed by atoms with Crippen molar-refractivity contribution in [3.63, 3.8) is 0 Å². The highest BCUT2D eigenvalue weighted by Crippen LogP contribution is 2.34. The van der Waals surface area contributed by atoms with Crippen molar-refractivity contribution in [2.45, 2.75) is 65.5 Å². The van der Waals surface area contributed by atoms with Gasteiger partial charge < -0.3 is 15.2 Å². The van der Waals surface area contributed by atoms with E-state index in [9.17, 15) is 0 Å². The number of unbranched alkanes of at least 4 members (excludes halogenated alkanes) is 1. The number of nitrogens with two attached hydrogens (primary N) is 1. The van der Waals surface area contributed by atoms with Crippen molar-refractivity contribution in [1.29, 1.82) is 0 Å². The van der Waals surface area contributed by atoms with E-state index in [1.807, 2.05) is 0 Å². The van der Waals surface area contributed by atoms with Crippen molar-refractivity contribution in [3.8, 4) is 0 Å². The van der Waals surface area contributed by atoms with E-state index >= 15 is 0 Å². The zero-order valence-electron chi connectivity index (χ0n) is 16.7. The number of likely N-dealkylation sites (tertiary alicyclic amines) is 1. The molecule has 0 saturated carbocycles. The number of anilines is 1. The summed E-state index contributed by atoms with van der Waals surface area (Å²) in [7, 11) is 0. The van der Waals surface area contributed by atoms with E-state index in [1.165, 1.54) is 48.4 Å². The molecule has 0 bridgehead atoms. The second-order valence-corrected chi connectivity index (χ2v) is 9.06. The van der Waals surface area contributed by atoms with Crippen LogP contribution in [0.5, 0.6) is 0 Å². The molecule has 0 aliphatic carbocycles. The predicted molar refractivity (Wildman–Crippen MR) is 115 cm³/mol. The molecule has 5 nitrogen and oxygen atoms in total. The van der Waals surface area contributed by atoms with Crippen molar-refractivity contribution in [1.82, 2.24) is 19.4 Å². The monoisotopic (exact) mass is 385 g/mol. The first kappa shape index (κ1) is 18.7. The summed E-state index contributed by atoms with van der Waals surface area (Å²) in [6.07, 6.45) is 5.88. The lowest BCUT2D eigenvalue weighted by Crippen LogP contribution is -2.39. The third kappa shape index (κ3) is 3.57. The summed E-state index contributed by atoms with van der Waals surface area (Å²) in [6, 6.07) is 2.72. The lowest BCUT2D eigenvalue weighted by molar-refractivity contribution is 0.142. The molecule has 6 heteroatoms. The van der Waals surface area contributed by atoms with Crippen LogP contribution in [0.25, 0.3) is 21.3 Å². The molecular weight excluding hydrogens is 354 g/mol. The van der Waals surface area contributed by atoms with Crippen molar-refractivity contribution < 1.29 is 0 Å². The molecule has 1 aliphatic heterocycles. The Morgan fingerprint density at radius 3 is 2.74 bits per heavy atom. The largest absolute Gasteiger partial charge is 0.382 e. The number of thiophene rings is 1. The van der Waals surface area contributed by atoms with E-state index in [1.54, 1.807) is 11.3 Å². The molecule has 27 heavy (non-hydrogen) atoms. The van der Waals surface area contributed by atoms with Crippen molar-refractivity contribution in [3.05, 3.63) is 17.3 Å². The van der Waals surface area contributed by atoms with Gasteiger partial charge in [0.25, 0.3) is 0 Å². The first-order chi connectivity index (χ1) is 13.1. The minimum Gasteiger partial charge on any atom is -0.382 e. The molecule has 4 heterocycles. The number of hydrogen-bond acceptors (Lipinski definition) is 5. The van der Waals surface area contributed by atoms with Crippen LogP contribution in [0, 0.1) is 5.92 Å². The molecule has 0 unspecified atom stereocenters. The molecule has 3 aromatic heterocycles. The topological polar surface area (TPSA) is 60.0 Å². The third-order valence-electron chi connectivity index (χ3n) is 5.96. The smallest absolute Gasteiger partial charge is 0.152 e. The van der Waals surface area contributed by atoms with Crippen molar-refractivity contribution in [2.75, 3.05) is 18.8 Å². The van der Waals surface area contributed by atoms with E-state index < -0.39 is 0 Å². The number of piperidine rings is 1. The summed E-state index contributed by atoms with van der Waals surface area (Å²) >= 11 is 1.76. The van der Waals surface area contributed by atoms with E-state index in [2.05, 4.69) is 46.7 Å². The molecule has 146 valence electrons. The lowest BCUT2D eigenvalue weighted by Gasteiger charge is -2.35. The quantitative estimate of drug-likeness (QED) is 0.669. The Morgan fingerprint density at radius 1 is 1.26 bits per heavy atom. The second-order valence-electron chi connectivity index (χ2n) is 8.14. The highest BCUT2D eigenvalue weighted by Gasteiger charge is 2.24. The normalized spacial score (nSPS) is 16.9. The summed E-state index contributed by atoms with van der Waals surface area (Å²) in [6.45, 7) is 10.3. The van der Waals surface area contributed by atoms with Crippen LogP contribution in [0.4, 0.5) is 5.82 Å². The van der Waals surface area contributed by atoms with Crippen LogP contribution in [0.15, 0.2) is 11.4 Å². The van der Waals surface area contributed by atoms with Gasteiger partial charge in [0.15, 0.2) is 5.82 Å². The Bertz CT molecular complexity index is 918. The van der Waals surface area contributed by atoms with E-state index in [0.29, 0.717) is 17.8 Å². The maximum atomic E-state index is 6.29. The minimum absolute atomic E-state index is 0.571. The first-order valence-electron chi connectivity index (χ1n) is 10.3. The molecule has 0 aromatic carbocycles. The molecule has 1 fully saturated rings. The van der Waals surface area contributed by atoms with Crippen molar-refractivity contribution >= 4 is 38.4 Å². The maximum absolute atomic E-state index is 6.29. The fourth-order valence-corrected chi connectivity index (χ4v) is 5.18. The maximum Gasteiger partial charge on any atom is 0.152 e. The average Bonchev–Trinajstić information content (AvgIpc) is 3.25. The van der Waals surface area contributed by atoms with Crippen LogP contribution in [0.1, 0.15) is 52.3 Å². The van der Waals surface area contributed by atoms with E-state index in [-0.39, 0.29) is 0 Å². The first-order valence-corrected chi connectivity index (χ1v) is 11.2. The fourth-order valence-electron chi connectivity index (χ4n) is 4.29. The number of nitrogens with zero attached hydrogens (tertiary/aromatic N) is 4. The number of pyridine rings is 1. The summed E-state index contributed by atoms with van der Waals surface area (Å²) in [4.78, 5) is 12.1. The molecule has 0 amide bonds. The van der Waals surface area contributed by atoms with E-state index in [4.69, 9.17) is 10.7 Å². The van der Waals surface area contributed by atoms with Gasteiger partial charge >= 0.3 is 0 Å². The lowest BCUT2D eigenvalue weighted by atomic mass is 9.95. The Balaban J connectivity index is 1.71. The van der Waals surface area contributed by atoms with Crippen LogP contribution in [-0.2, 0) is 13.0 Å². The number of imidazole rings is 1. The number of rotatable bonds is 6. The van der Waals surface area contributed by atoms with E-state index in [0.717, 1.165) is 30.4 Å². The van der Waals surface area contributed by atoms with Crippen molar-refractivity contribution in [2.24, 2.45) is 5.92 Å². The van der Waals surface area contributed by atoms with Gasteiger partial charge in [0, 0.05) is 19.0 Å². The van der Waals surface area contributed by atoms with Gasteiger partial charge in [-0.3, -0.25) is 0 Å². The number of nitrogen functional groups attached to an aromatic ring is 1. The zero-order valence-corrected chi connectivity index (χ0v) is 17.6. The molecular formula is C21H31N5S. The molecule has 0 spiro atoms. The van der Waals surface area contributed by atoms with Gasteiger partial charge in [0.1, 0.15) is 11.3 Å². The molecule has 1 saturated heterocycles. The van der Waals surface area contributed by atoms with Gasteiger partial charge in [0.2, 0.25) is 0 Å². The Hall–Kier alpha value is -1.66. The summed E-state index contributed by atoms with van der Waals surface area (Å²) < 4.78 is 3.71. The molecule has 1 aliphatic rings. The highest BCUT2D eigenvalue weighted by molar-refractivity contribution is 7.18. The Kier molecular flexibility index (Phi) is 5.37. The van der Waals surface area contributed by atoms with Crippen LogP contribution < -0.4 is 5.73 Å².